The maximum absolute atomic E-state index is 11.7. The summed E-state index contributed by atoms with van der Waals surface area (Å²) in [6.07, 6.45) is 7.52. The van der Waals surface area contributed by atoms with Crippen molar-refractivity contribution in [3.8, 4) is 12.3 Å². The van der Waals surface area contributed by atoms with Crippen molar-refractivity contribution in [3.05, 3.63) is 11.6 Å². The van der Waals surface area contributed by atoms with Crippen LogP contribution in [0.2, 0.25) is 0 Å². The molecule has 1 heterocycles. The highest BCUT2D eigenvalue weighted by molar-refractivity contribution is 7.60. The van der Waals surface area contributed by atoms with Gasteiger partial charge in [0, 0.05) is 18.8 Å². The van der Waals surface area contributed by atoms with E-state index in [9.17, 15) is 4.57 Å². The van der Waals surface area contributed by atoms with Crippen LogP contribution in [0, 0.1) is 12.3 Å². The minimum Gasteiger partial charge on any atom is -0.331 e. The van der Waals surface area contributed by atoms with Crippen LogP contribution in [0.15, 0.2) is 11.6 Å². The number of hydrogen-bond acceptors (Lipinski definition) is 2. The van der Waals surface area contributed by atoms with Gasteiger partial charge in [-0.25, -0.2) is 0 Å². The largest absolute Gasteiger partial charge is 0.331 e. The first-order chi connectivity index (χ1) is 5.14. The molecular weight excluding hydrogens is 159 g/mol. The van der Waals surface area contributed by atoms with E-state index in [0.29, 0.717) is 6.16 Å². The van der Waals surface area contributed by atoms with E-state index >= 15 is 0 Å². The Kier molecular flexibility index (Phi) is 2.23. The van der Waals surface area contributed by atoms with E-state index < -0.39 is 7.37 Å². The number of terminal acetylenes is 1. The number of rotatable bonds is 1. The molecule has 0 saturated carbocycles. The highest BCUT2D eigenvalue weighted by atomic mass is 31.2. The minimum absolute atomic E-state index is 0.0856. The molecule has 0 N–H and O–H groups in total. The second-order valence-electron chi connectivity index (χ2n) is 2.57. The van der Waals surface area contributed by atoms with Gasteiger partial charge < -0.3 is 4.52 Å². The van der Waals surface area contributed by atoms with Crippen molar-refractivity contribution < 1.29 is 9.09 Å². The van der Waals surface area contributed by atoms with Gasteiger partial charge in [-0.1, -0.05) is 12.0 Å². The molecule has 0 radical (unpaired) electrons. The molecule has 0 amide bonds. The van der Waals surface area contributed by atoms with Crippen LogP contribution in [-0.2, 0) is 9.09 Å². The van der Waals surface area contributed by atoms with Crippen molar-refractivity contribution in [2.45, 2.75) is 12.6 Å². The van der Waals surface area contributed by atoms with Crippen LogP contribution in [0.25, 0.3) is 0 Å². The van der Waals surface area contributed by atoms with Gasteiger partial charge in [-0.3, -0.25) is 4.57 Å². The van der Waals surface area contributed by atoms with Gasteiger partial charge in [-0.05, 0) is 6.92 Å². The van der Waals surface area contributed by atoms with Crippen molar-refractivity contribution in [1.82, 2.24) is 0 Å². The predicted octanol–water partition coefficient (Wildman–Crippen LogP) is 1.87. The second-order valence-corrected chi connectivity index (χ2v) is 5.53. The molecule has 0 bridgehead atoms. The van der Waals surface area contributed by atoms with Crippen LogP contribution in [0.3, 0.4) is 0 Å². The summed E-state index contributed by atoms with van der Waals surface area (Å²) in [7, 11) is -0.973. The second kappa shape index (κ2) is 2.85. The Balaban J connectivity index is 2.89. The Bertz CT molecular complexity index is 272. The molecule has 1 rings (SSSR count). The molecule has 60 valence electrons. The standard InChI is InChI=1S/C8H11O2P/c1-4-8-5-6-11(9,10-3)7(8)2/h1,5,7H,6H2,2-3H3. The summed E-state index contributed by atoms with van der Waals surface area (Å²) < 4.78 is 16.7. The first kappa shape index (κ1) is 8.59. The molecule has 11 heavy (non-hydrogen) atoms. The zero-order chi connectivity index (χ0) is 8.48. The fourth-order valence-corrected chi connectivity index (χ4v) is 3.01. The third-order valence-corrected chi connectivity index (χ3v) is 4.85. The average Bonchev–Trinajstić information content (AvgIpc) is 2.31. The van der Waals surface area contributed by atoms with Crippen LogP contribution in [0.4, 0.5) is 0 Å². The van der Waals surface area contributed by atoms with Crippen LogP contribution in [-0.4, -0.2) is 18.9 Å². The fourth-order valence-electron chi connectivity index (χ4n) is 1.18. The molecule has 0 saturated heterocycles. The van der Waals surface area contributed by atoms with Gasteiger partial charge in [0.25, 0.3) is 0 Å². The SMILES string of the molecule is C#CC1=CCP(=O)(OC)C1C. The maximum Gasteiger partial charge on any atom is 0.214 e. The molecule has 3 heteroatoms. The lowest BCUT2D eigenvalue weighted by Crippen LogP contribution is -2.02. The summed E-state index contributed by atoms with van der Waals surface area (Å²) in [5, 5.41) is 0. The highest BCUT2D eigenvalue weighted by Gasteiger charge is 2.35. The highest BCUT2D eigenvalue weighted by Crippen LogP contribution is 2.57. The molecule has 2 unspecified atom stereocenters. The molecule has 2 atom stereocenters. The van der Waals surface area contributed by atoms with Crippen molar-refractivity contribution in [2.75, 3.05) is 13.3 Å². The Morgan fingerprint density at radius 3 is 2.82 bits per heavy atom. The molecule has 0 aromatic carbocycles. The van der Waals surface area contributed by atoms with E-state index in [0.717, 1.165) is 5.57 Å². The number of allylic oxidation sites excluding steroid dienone is 2. The molecule has 1 aliphatic rings. The van der Waals surface area contributed by atoms with Crippen molar-refractivity contribution in [2.24, 2.45) is 0 Å². The molecule has 2 nitrogen and oxygen atoms in total. The summed E-state index contributed by atoms with van der Waals surface area (Å²) in [4.78, 5) is 0. The van der Waals surface area contributed by atoms with Crippen LogP contribution < -0.4 is 0 Å². The molecule has 0 spiro atoms. The van der Waals surface area contributed by atoms with E-state index in [2.05, 4.69) is 5.92 Å². The van der Waals surface area contributed by atoms with Gasteiger partial charge in [-0.2, -0.15) is 0 Å². The molecular formula is C8H11O2P. The monoisotopic (exact) mass is 170 g/mol. The van der Waals surface area contributed by atoms with Gasteiger partial charge in [0.2, 0.25) is 7.37 Å². The molecule has 0 aromatic rings. The molecule has 1 aliphatic heterocycles. The van der Waals surface area contributed by atoms with E-state index in [1.165, 1.54) is 7.11 Å². The van der Waals surface area contributed by atoms with E-state index in [1.54, 1.807) is 0 Å². The number of hydrogen-bond donors (Lipinski definition) is 0. The summed E-state index contributed by atoms with van der Waals surface area (Å²) >= 11 is 0. The third kappa shape index (κ3) is 1.27. The zero-order valence-electron chi connectivity index (χ0n) is 6.70. The summed E-state index contributed by atoms with van der Waals surface area (Å²) in [6, 6.07) is 0. The Morgan fingerprint density at radius 2 is 2.55 bits per heavy atom. The van der Waals surface area contributed by atoms with Crippen LogP contribution >= 0.6 is 7.37 Å². The van der Waals surface area contributed by atoms with Gasteiger partial charge in [-0.15, -0.1) is 6.42 Å². The average molecular weight is 170 g/mol. The molecule has 0 aromatic heterocycles. The topological polar surface area (TPSA) is 26.3 Å². The van der Waals surface area contributed by atoms with Crippen LogP contribution in [0.1, 0.15) is 6.92 Å². The van der Waals surface area contributed by atoms with E-state index in [-0.39, 0.29) is 5.66 Å². The quantitative estimate of drug-likeness (QED) is 0.443. The first-order valence-corrected chi connectivity index (χ1v) is 5.33. The Labute approximate surface area is 67.1 Å². The van der Waals surface area contributed by atoms with Gasteiger partial charge in [0.15, 0.2) is 0 Å². The van der Waals surface area contributed by atoms with Gasteiger partial charge in [0.05, 0.1) is 5.66 Å². The van der Waals surface area contributed by atoms with E-state index in [4.69, 9.17) is 10.9 Å². The summed E-state index contributed by atoms with van der Waals surface area (Å²) in [6.45, 7) is 1.85. The van der Waals surface area contributed by atoms with Crippen molar-refractivity contribution >= 4 is 7.37 Å². The van der Waals surface area contributed by atoms with Gasteiger partial charge >= 0.3 is 0 Å². The predicted molar refractivity (Wildman–Crippen MR) is 45.9 cm³/mol. The summed E-state index contributed by atoms with van der Waals surface area (Å²) in [5.41, 5.74) is 0.729. The zero-order valence-corrected chi connectivity index (χ0v) is 7.60. The van der Waals surface area contributed by atoms with Crippen LogP contribution in [0.5, 0.6) is 0 Å². The fraction of sp³-hybridized carbons (Fsp3) is 0.500. The maximum atomic E-state index is 11.7. The lowest BCUT2D eigenvalue weighted by Gasteiger charge is -2.14. The molecule has 0 fully saturated rings. The smallest absolute Gasteiger partial charge is 0.214 e. The molecule has 0 aliphatic carbocycles. The normalized spacial score (nSPS) is 36.5. The van der Waals surface area contributed by atoms with Gasteiger partial charge in [0.1, 0.15) is 0 Å². The minimum atomic E-state index is -2.45. The summed E-state index contributed by atoms with van der Waals surface area (Å²) in [5.74, 6) is 2.51. The van der Waals surface area contributed by atoms with E-state index in [1.807, 2.05) is 13.0 Å². The van der Waals surface area contributed by atoms with Crippen molar-refractivity contribution in [3.63, 3.8) is 0 Å². The lowest BCUT2D eigenvalue weighted by atomic mass is 10.2. The van der Waals surface area contributed by atoms with Crippen molar-refractivity contribution in [1.29, 1.82) is 0 Å². The Morgan fingerprint density at radius 1 is 1.91 bits per heavy atom. The lowest BCUT2D eigenvalue weighted by molar-refractivity contribution is 0.393. The Hall–Kier alpha value is -0.510. The third-order valence-electron chi connectivity index (χ3n) is 2.08. The first-order valence-electron chi connectivity index (χ1n) is 3.45.